The minimum atomic E-state index is 0.349. The molecule has 0 amide bonds. The number of oxazole rings is 1. The maximum absolute atomic E-state index is 5.54. The van der Waals surface area contributed by atoms with Crippen LogP contribution in [0.3, 0.4) is 0 Å². The van der Waals surface area contributed by atoms with Gasteiger partial charge < -0.3 is 14.7 Å². The molecule has 5 nitrogen and oxygen atoms in total. The van der Waals surface area contributed by atoms with E-state index in [9.17, 15) is 0 Å². The standard InChI is InChI=1S/C12H9N3O2/c13-11-7-10(17-15-11)8-3-1-2-4-9(8)12-14-5-6-16-12/h1-7H,(H2,13,15). The second-order valence-electron chi connectivity index (χ2n) is 3.50. The number of anilines is 1. The first-order chi connectivity index (χ1) is 8.34. The Morgan fingerprint density at radius 2 is 1.94 bits per heavy atom. The van der Waals surface area contributed by atoms with Crippen molar-refractivity contribution in [3.05, 3.63) is 42.8 Å². The molecule has 0 aliphatic heterocycles. The summed E-state index contributed by atoms with van der Waals surface area (Å²) in [6.45, 7) is 0. The van der Waals surface area contributed by atoms with E-state index in [0.717, 1.165) is 11.1 Å². The number of aromatic nitrogens is 2. The van der Waals surface area contributed by atoms with Crippen LogP contribution in [0.5, 0.6) is 0 Å². The van der Waals surface area contributed by atoms with Gasteiger partial charge in [-0.05, 0) is 6.07 Å². The lowest BCUT2D eigenvalue weighted by Crippen LogP contribution is -1.83. The molecule has 2 aromatic heterocycles. The molecule has 0 spiro atoms. The maximum Gasteiger partial charge on any atom is 0.226 e. The van der Waals surface area contributed by atoms with Crippen LogP contribution in [0.4, 0.5) is 5.82 Å². The molecule has 0 saturated heterocycles. The smallest absolute Gasteiger partial charge is 0.226 e. The van der Waals surface area contributed by atoms with Crippen LogP contribution in [0.1, 0.15) is 0 Å². The topological polar surface area (TPSA) is 78.1 Å². The van der Waals surface area contributed by atoms with Gasteiger partial charge in [-0.2, -0.15) is 0 Å². The van der Waals surface area contributed by atoms with Crippen molar-refractivity contribution >= 4 is 5.82 Å². The zero-order chi connectivity index (χ0) is 11.7. The summed E-state index contributed by atoms with van der Waals surface area (Å²) < 4.78 is 10.4. The van der Waals surface area contributed by atoms with E-state index in [1.165, 1.54) is 6.26 Å². The van der Waals surface area contributed by atoms with Gasteiger partial charge in [-0.1, -0.05) is 23.4 Å². The molecule has 17 heavy (non-hydrogen) atoms. The highest BCUT2D eigenvalue weighted by molar-refractivity contribution is 5.77. The van der Waals surface area contributed by atoms with Gasteiger partial charge >= 0.3 is 0 Å². The van der Waals surface area contributed by atoms with E-state index in [2.05, 4.69) is 10.1 Å². The predicted octanol–water partition coefficient (Wildman–Crippen LogP) is 2.58. The van der Waals surface area contributed by atoms with Crippen molar-refractivity contribution in [2.75, 3.05) is 5.73 Å². The summed E-state index contributed by atoms with van der Waals surface area (Å²) in [7, 11) is 0. The van der Waals surface area contributed by atoms with Gasteiger partial charge in [0.1, 0.15) is 6.26 Å². The Balaban J connectivity index is 2.17. The van der Waals surface area contributed by atoms with E-state index >= 15 is 0 Å². The lowest BCUT2D eigenvalue weighted by Gasteiger charge is -2.01. The summed E-state index contributed by atoms with van der Waals surface area (Å²) >= 11 is 0. The average molecular weight is 227 g/mol. The largest absolute Gasteiger partial charge is 0.445 e. The van der Waals surface area contributed by atoms with Crippen LogP contribution in [0.15, 0.2) is 51.7 Å². The molecule has 0 aliphatic carbocycles. The minimum absolute atomic E-state index is 0.349. The molecular weight excluding hydrogens is 218 g/mol. The van der Waals surface area contributed by atoms with Gasteiger partial charge in [-0.15, -0.1) is 0 Å². The van der Waals surface area contributed by atoms with Crippen molar-refractivity contribution in [1.82, 2.24) is 10.1 Å². The van der Waals surface area contributed by atoms with Crippen LogP contribution in [0.25, 0.3) is 22.8 Å². The molecule has 0 radical (unpaired) electrons. The maximum atomic E-state index is 5.54. The molecule has 5 heteroatoms. The average Bonchev–Trinajstić information content (AvgIpc) is 3.00. The van der Waals surface area contributed by atoms with Crippen molar-refractivity contribution < 1.29 is 8.94 Å². The van der Waals surface area contributed by atoms with Gasteiger partial charge in [0.2, 0.25) is 5.89 Å². The van der Waals surface area contributed by atoms with E-state index in [1.54, 1.807) is 12.3 Å². The van der Waals surface area contributed by atoms with Crippen LogP contribution in [0.2, 0.25) is 0 Å². The molecule has 2 N–H and O–H groups in total. The van der Waals surface area contributed by atoms with E-state index in [1.807, 2.05) is 24.3 Å². The fourth-order valence-corrected chi connectivity index (χ4v) is 1.66. The monoisotopic (exact) mass is 227 g/mol. The fourth-order valence-electron chi connectivity index (χ4n) is 1.66. The Bertz CT molecular complexity index is 629. The third kappa shape index (κ3) is 1.67. The van der Waals surface area contributed by atoms with Crippen molar-refractivity contribution in [2.45, 2.75) is 0 Å². The number of nitrogen functional groups attached to an aromatic ring is 1. The van der Waals surface area contributed by atoms with E-state index in [4.69, 9.17) is 14.7 Å². The normalized spacial score (nSPS) is 10.6. The van der Waals surface area contributed by atoms with Crippen molar-refractivity contribution in [2.24, 2.45) is 0 Å². The van der Waals surface area contributed by atoms with Crippen molar-refractivity contribution in [1.29, 1.82) is 0 Å². The van der Waals surface area contributed by atoms with Crippen LogP contribution >= 0.6 is 0 Å². The first-order valence-electron chi connectivity index (χ1n) is 5.06. The van der Waals surface area contributed by atoms with Crippen molar-refractivity contribution in [3.63, 3.8) is 0 Å². The lowest BCUT2D eigenvalue weighted by molar-refractivity contribution is 0.436. The summed E-state index contributed by atoms with van der Waals surface area (Å²) in [5.41, 5.74) is 7.23. The molecule has 84 valence electrons. The van der Waals surface area contributed by atoms with E-state index < -0.39 is 0 Å². The van der Waals surface area contributed by atoms with Gasteiger partial charge in [0.15, 0.2) is 11.6 Å². The van der Waals surface area contributed by atoms with Crippen LogP contribution < -0.4 is 5.73 Å². The molecule has 1 aromatic carbocycles. The van der Waals surface area contributed by atoms with Gasteiger partial charge in [-0.3, -0.25) is 0 Å². The van der Waals surface area contributed by atoms with Crippen LogP contribution in [-0.2, 0) is 0 Å². The summed E-state index contributed by atoms with van der Waals surface area (Å²) in [5, 5.41) is 3.67. The Morgan fingerprint density at radius 3 is 2.59 bits per heavy atom. The Kier molecular flexibility index (Phi) is 2.15. The summed E-state index contributed by atoms with van der Waals surface area (Å²) in [5.74, 6) is 1.48. The quantitative estimate of drug-likeness (QED) is 0.727. The zero-order valence-electron chi connectivity index (χ0n) is 8.83. The SMILES string of the molecule is Nc1cc(-c2ccccc2-c2ncco2)on1. The first-order valence-corrected chi connectivity index (χ1v) is 5.06. The molecular formula is C12H9N3O2. The second-order valence-corrected chi connectivity index (χ2v) is 3.50. The van der Waals surface area contributed by atoms with Gasteiger partial charge in [0, 0.05) is 17.2 Å². The molecule has 0 fully saturated rings. The Hall–Kier alpha value is -2.56. The Morgan fingerprint density at radius 1 is 1.12 bits per heavy atom. The molecule has 0 unspecified atom stereocenters. The summed E-state index contributed by atoms with van der Waals surface area (Å²) in [6, 6.07) is 9.28. The zero-order valence-corrected chi connectivity index (χ0v) is 8.83. The Labute approximate surface area is 96.9 Å². The molecule has 0 bridgehead atoms. The third-order valence-corrected chi connectivity index (χ3v) is 2.38. The minimum Gasteiger partial charge on any atom is -0.445 e. The summed E-state index contributed by atoms with van der Waals surface area (Å²) in [4.78, 5) is 4.12. The fraction of sp³-hybridized carbons (Fsp3) is 0. The number of hydrogen-bond acceptors (Lipinski definition) is 5. The molecule has 0 aliphatic rings. The molecule has 0 saturated carbocycles. The molecule has 0 atom stereocenters. The second kappa shape index (κ2) is 3.79. The lowest BCUT2D eigenvalue weighted by atomic mass is 10.1. The number of rotatable bonds is 2. The van der Waals surface area contributed by atoms with E-state index in [0.29, 0.717) is 17.5 Å². The molecule has 2 heterocycles. The van der Waals surface area contributed by atoms with Gasteiger partial charge in [-0.25, -0.2) is 4.98 Å². The van der Waals surface area contributed by atoms with Gasteiger partial charge in [0.05, 0.1) is 6.20 Å². The highest BCUT2D eigenvalue weighted by atomic mass is 16.5. The molecule has 3 aromatic rings. The number of hydrogen-bond donors (Lipinski definition) is 1. The highest BCUT2D eigenvalue weighted by Gasteiger charge is 2.13. The number of benzene rings is 1. The first kappa shape index (κ1) is 9.65. The highest BCUT2D eigenvalue weighted by Crippen LogP contribution is 2.31. The van der Waals surface area contributed by atoms with Crippen molar-refractivity contribution in [3.8, 4) is 22.8 Å². The number of nitrogens with zero attached hydrogens (tertiary/aromatic N) is 2. The van der Waals surface area contributed by atoms with Gasteiger partial charge in [0.25, 0.3) is 0 Å². The predicted molar refractivity (Wildman–Crippen MR) is 61.8 cm³/mol. The number of nitrogens with two attached hydrogens (primary N) is 1. The summed E-state index contributed by atoms with van der Waals surface area (Å²) in [6.07, 6.45) is 3.13. The van der Waals surface area contributed by atoms with E-state index in [-0.39, 0.29) is 0 Å². The third-order valence-electron chi connectivity index (χ3n) is 2.38. The molecule has 3 rings (SSSR count). The van der Waals surface area contributed by atoms with Crippen LogP contribution in [0, 0.1) is 0 Å². The van der Waals surface area contributed by atoms with Crippen LogP contribution in [-0.4, -0.2) is 10.1 Å².